The van der Waals surface area contributed by atoms with E-state index in [1.165, 1.54) is 5.56 Å². The van der Waals surface area contributed by atoms with Crippen LogP contribution in [-0.4, -0.2) is 51.7 Å². The number of aliphatic hydroxyl groups is 1. The molecule has 5 heterocycles. The molecule has 5 aromatic rings. The Labute approximate surface area is 196 Å². The van der Waals surface area contributed by atoms with Crippen molar-refractivity contribution >= 4 is 5.65 Å². The Morgan fingerprint density at radius 1 is 1.06 bits per heavy atom. The quantitative estimate of drug-likeness (QED) is 0.374. The van der Waals surface area contributed by atoms with Crippen molar-refractivity contribution in [3.8, 4) is 16.9 Å². The molecule has 6 rings (SSSR count). The summed E-state index contributed by atoms with van der Waals surface area (Å²) in [6.45, 7) is 2.29. The zero-order valence-electron chi connectivity index (χ0n) is 18.7. The van der Waals surface area contributed by atoms with Crippen LogP contribution in [0, 0.1) is 5.92 Å². The minimum Gasteiger partial charge on any atom is -0.393 e. The maximum absolute atomic E-state index is 9.42. The fraction of sp³-hybridized carbons (Fsp3) is 0.280. The average Bonchev–Trinajstić information content (AvgIpc) is 3.59. The normalized spacial score (nSPS) is 17.8. The molecule has 0 bridgehead atoms. The first kappa shape index (κ1) is 20.8. The molecule has 9 heteroatoms. The van der Waals surface area contributed by atoms with Crippen LogP contribution in [-0.2, 0) is 13.1 Å². The molecule has 1 fully saturated rings. The zero-order chi connectivity index (χ0) is 22.9. The molecule has 1 saturated carbocycles. The van der Waals surface area contributed by atoms with Crippen LogP contribution in [0.1, 0.15) is 24.1 Å². The topological polar surface area (TPSA) is 98.1 Å². The highest BCUT2D eigenvalue weighted by molar-refractivity contribution is 5.59. The van der Waals surface area contributed by atoms with Crippen molar-refractivity contribution in [2.75, 3.05) is 6.54 Å². The van der Waals surface area contributed by atoms with E-state index in [2.05, 4.69) is 43.3 Å². The third-order valence-corrected chi connectivity index (χ3v) is 6.32. The number of hydrogen-bond acceptors (Lipinski definition) is 6. The van der Waals surface area contributed by atoms with Gasteiger partial charge < -0.3 is 19.4 Å². The van der Waals surface area contributed by atoms with E-state index in [9.17, 15) is 5.11 Å². The Hall–Kier alpha value is -3.82. The van der Waals surface area contributed by atoms with Gasteiger partial charge in [-0.15, -0.1) is 5.10 Å². The second kappa shape index (κ2) is 8.85. The highest BCUT2D eigenvalue weighted by atomic mass is 16.3. The van der Waals surface area contributed by atoms with Gasteiger partial charge in [-0.05, 0) is 55.1 Å². The van der Waals surface area contributed by atoms with Gasteiger partial charge in [0.05, 0.1) is 36.4 Å². The van der Waals surface area contributed by atoms with Crippen LogP contribution in [0.5, 0.6) is 0 Å². The van der Waals surface area contributed by atoms with Gasteiger partial charge in [0.15, 0.2) is 0 Å². The molecule has 0 atom stereocenters. The summed E-state index contributed by atoms with van der Waals surface area (Å²) >= 11 is 0. The number of nitrogens with zero attached hydrogens (tertiary/aromatic N) is 7. The number of aliphatic hydroxyl groups excluding tert-OH is 1. The summed E-state index contributed by atoms with van der Waals surface area (Å²) in [4.78, 5) is 9.09. The van der Waals surface area contributed by atoms with Gasteiger partial charge in [0.1, 0.15) is 11.3 Å². The third-order valence-electron chi connectivity index (χ3n) is 6.32. The van der Waals surface area contributed by atoms with Gasteiger partial charge in [0.2, 0.25) is 0 Å². The molecule has 9 nitrogen and oxygen atoms in total. The Morgan fingerprint density at radius 3 is 2.79 bits per heavy atom. The predicted molar refractivity (Wildman–Crippen MR) is 127 cm³/mol. The SMILES string of the molecule is OC1CC(CNCc2ccc3nc(Cn4cc(-c5cncc(-n6cccc6)c5)nn4)cn3c2)C1. The molecule has 34 heavy (non-hydrogen) atoms. The summed E-state index contributed by atoms with van der Waals surface area (Å²) < 4.78 is 5.87. The molecule has 1 aliphatic carbocycles. The number of pyridine rings is 2. The summed E-state index contributed by atoms with van der Waals surface area (Å²) in [5.41, 5.74) is 5.70. The molecule has 1 aliphatic rings. The summed E-state index contributed by atoms with van der Waals surface area (Å²) in [5.74, 6) is 0.596. The van der Waals surface area contributed by atoms with Crippen molar-refractivity contribution in [2.24, 2.45) is 5.92 Å². The summed E-state index contributed by atoms with van der Waals surface area (Å²) in [5, 5.41) is 21.5. The van der Waals surface area contributed by atoms with Gasteiger partial charge >= 0.3 is 0 Å². The molecule has 0 aromatic carbocycles. The first-order valence-corrected chi connectivity index (χ1v) is 11.5. The van der Waals surface area contributed by atoms with E-state index in [1.54, 1.807) is 10.9 Å². The third kappa shape index (κ3) is 4.35. The van der Waals surface area contributed by atoms with Crippen molar-refractivity contribution in [3.05, 3.63) is 85.0 Å². The van der Waals surface area contributed by atoms with E-state index in [4.69, 9.17) is 4.98 Å². The Bertz CT molecular complexity index is 1400. The molecule has 0 saturated heterocycles. The lowest BCUT2D eigenvalue weighted by molar-refractivity contribution is 0.0429. The van der Waals surface area contributed by atoms with E-state index >= 15 is 0 Å². The summed E-state index contributed by atoms with van der Waals surface area (Å²) in [7, 11) is 0. The number of fused-ring (bicyclic) bond motifs is 1. The van der Waals surface area contributed by atoms with E-state index in [1.807, 2.05) is 53.8 Å². The van der Waals surface area contributed by atoms with Crippen LogP contribution in [0.15, 0.2) is 73.7 Å². The van der Waals surface area contributed by atoms with Crippen LogP contribution in [0.3, 0.4) is 0 Å². The van der Waals surface area contributed by atoms with Crippen LogP contribution >= 0.6 is 0 Å². The largest absolute Gasteiger partial charge is 0.393 e. The standard InChI is InChI=1S/C25H26N8O/c34-23-7-19(8-23)11-26-10-18-3-4-25-28-21(15-32(25)14-18)16-33-17-24(29-30-33)20-9-22(13-27-12-20)31-5-1-2-6-31/h1-6,9,12-15,17,19,23,26,34H,7-8,10-11,16H2. The van der Waals surface area contributed by atoms with Crippen molar-refractivity contribution in [1.82, 2.24) is 39.2 Å². The van der Waals surface area contributed by atoms with Gasteiger partial charge in [0.25, 0.3) is 0 Å². The zero-order valence-corrected chi connectivity index (χ0v) is 18.7. The van der Waals surface area contributed by atoms with Crippen LogP contribution < -0.4 is 5.32 Å². The lowest BCUT2D eigenvalue weighted by Gasteiger charge is -2.31. The number of hydrogen-bond donors (Lipinski definition) is 2. The lowest BCUT2D eigenvalue weighted by atomic mass is 9.82. The predicted octanol–water partition coefficient (Wildman–Crippen LogP) is 2.69. The highest BCUT2D eigenvalue weighted by Gasteiger charge is 2.26. The Balaban J connectivity index is 1.12. The van der Waals surface area contributed by atoms with Crippen molar-refractivity contribution in [3.63, 3.8) is 0 Å². The Morgan fingerprint density at radius 2 is 1.94 bits per heavy atom. The molecule has 172 valence electrons. The van der Waals surface area contributed by atoms with Gasteiger partial charge in [-0.3, -0.25) is 4.98 Å². The molecule has 0 amide bonds. The maximum atomic E-state index is 9.42. The summed E-state index contributed by atoms with van der Waals surface area (Å²) in [6, 6.07) is 10.2. The molecule has 0 aliphatic heterocycles. The second-order valence-electron chi connectivity index (χ2n) is 8.98. The van der Waals surface area contributed by atoms with Crippen LogP contribution in [0.25, 0.3) is 22.6 Å². The van der Waals surface area contributed by atoms with Gasteiger partial charge in [-0.1, -0.05) is 11.3 Å². The average molecular weight is 455 g/mol. The number of imidazole rings is 1. The molecule has 5 aromatic heterocycles. The van der Waals surface area contributed by atoms with E-state index in [0.717, 1.165) is 54.2 Å². The Kier molecular flexibility index (Phi) is 5.40. The van der Waals surface area contributed by atoms with E-state index in [0.29, 0.717) is 12.5 Å². The number of nitrogens with one attached hydrogen (secondary N) is 1. The summed E-state index contributed by atoms with van der Waals surface area (Å²) in [6.07, 6.45) is 15.4. The minimum absolute atomic E-state index is 0.0970. The molecule has 0 unspecified atom stereocenters. The van der Waals surface area contributed by atoms with E-state index in [-0.39, 0.29) is 6.10 Å². The number of aromatic nitrogens is 7. The van der Waals surface area contributed by atoms with Gasteiger partial charge in [0, 0.05) is 43.1 Å². The van der Waals surface area contributed by atoms with Crippen LogP contribution in [0.2, 0.25) is 0 Å². The van der Waals surface area contributed by atoms with E-state index < -0.39 is 0 Å². The molecule has 0 radical (unpaired) electrons. The van der Waals surface area contributed by atoms with Crippen LogP contribution in [0.4, 0.5) is 0 Å². The molecule has 0 spiro atoms. The maximum Gasteiger partial charge on any atom is 0.137 e. The molecular formula is C25H26N8O. The van der Waals surface area contributed by atoms with Crippen molar-refractivity contribution in [2.45, 2.75) is 32.0 Å². The second-order valence-corrected chi connectivity index (χ2v) is 8.98. The molecular weight excluding hydrogens is 428 g/mol. The monoisotopic (exact) mass is 454 g/mol. The minimum atomic E-state index is -0.0970. The number of rotatable bonds is 8. The first-order chi connectivity index (χ1) is 16.7. The fourth-order valence-electron chi connectivity index (χ4n) is 4.45. The smallest absolute Gasteiger partial charge is 0.137 e. The fourth-order valence-corrected chi connectivity index (χ4v) is 4.45. The lowest BCUT2D eigenvalue weighted by Crippen LogP contribution is -2.35. The van der Waals surface area contributed by atoms with Gasteiger partial charge in [-0.2, -0.15) is 0 Å². The van der Waals surface area contributed by atoms with Crippen molar-refractivity contribution < 1.29 is 5.11 Å². The van der Waals surface area contributed by atoms with Crippen molar-refractivity contribution in [1.29, 1.82) is 0 Å². The first-order valence-electron chi connectivity index (χ1n) is 11.5. The van der Waals surface area contributed by atoms with Gasteiger partial charge in [-0.25, -0.2) is 9.67 Å². The highest BCUT2D eigenvalue weighted by Crippen LogP contribution is 2.26. The molecule has 2 N–H and O–H groups in total.